The molecule has 84 valence electrons. The molecule has 1 unspecified atom stereocenters. The molecule has 3 heteroatoms. The van der Waals surface area contributed by atoms with Crippen molar-refractivity contribution in [2.75, 3.05) is 6.54 Å². The summed E-state index contributed by atoms with van der Waals surface area (Å²) in [6.07, 6.45) is 3.30. The third-order valence-electron chi connectivity index (χ3n) is 2.03. The molecule has 0 aromatic carbocycles. The molecule has 0 saturated carbocycles. The normalized spacial score (nSPS) is 12.9. The van der Waals surface area contributed by atoms with Crippen molar-refractivity contribution in [1.82, 2.24) is 5.32 Å². The summed E-state index contributed by atoms with van der Waals surface area (Å²) in [5.41, 5.74) is 0. The molecule has 0 saturated heterocycles. The number of esters is 1. The van der Waals surface area contributed by atoms with Crippen molar-refractivity contribution in [3.8, 4) is 0 Å². The number of hydrogen-bond donors (Lipinski definition) is 1. The maximum Gasteiger partial charge on any atom is 0.320 e. The van der Waals surface area contributed by atoms with E-state index in [1.165, 1.54) is 0 Å². The standard InChI is InChI=1S/C11H23NO2/c1-5-7-10(6-2)12-8-11(13)14-9(3)4/h9-10,12H,5-8H2,1-4H3. The second-order valence-electron chi connectivity index (χ2n) is 3.81. The van der Waals surface area contributed by atoms with Crippen LogP contribution in [0.1, 0.15) is 47.0 Å². The molecule has 0 rings (SSSR count). The Balaban J connectivity index is 3.62. The Kier molecular flexibility index (Phi) is 7.48. The maximum atomic E-state index is 11.2. The molecule has 0 aliphatic carbocycles. The molecule has 0 aromatic rings. The van der Waals surface area contributed by atoms with Gasteiger partial charge in [-0.3, -0.25) is 4.79 Å². The Hall–Kier alpha value is -0.570. The van der Waals surface area contributed by atoms with Gasteiger partial charge in [0.2, 0.25) is 0 Å². The van der Waals surface area contributed by atoms with E-state index in [9.17, 15) is 4.79 Å². The molecule has 0 bridgehead atoms. The third kappa shape index (κ3) is 6.89. The van der Waals surface area contributed by atoms with Gasteiger partial charge in [0.15, 0.2) is 0 Å². The number of carbonyl (C=O) groups is 1. The van der Waals surface area contributed by atoms with Crippen LogP contribution in [0.3, 0.4) is 0 Å². The van der Waals surface area contributed by atoms with Gasteiger partial charge in [-0.05, 0) is 26.7 Å². The minimum atomic E-state index is -0.158. The van der Waals surface area contributed by atoms with E-state index in [0.29, 0.717) is 12.6 Å². The lowest BCUT2D eigenvalue weighted by Crippen LogP contribution is -2.34. The van der Waals surface area contributed by atoms with Crippen LogP contribution in [-0.4, -0.2) is 24.7 Å². The van der Waals surface area contributed by atoms with E-state index in [2.05, 4.69) is 19.2 Å². The summed E-state index contributed by atoms with van der Waals surface area (Å²) in [5, 5.41) is 3.20. The largest absolute Gasteiger partial charge is 0.462 e. The van der Waals surface area contributed by atoms with E-state index in [4.69, 9.17) is 4.74 Å². The lowest BCUT2D eigenvalue weighted by Gasteiger charge is -2.16. The van der Waals surface area contributed by atoms with Crippen LogP contribution in [0.15, 0.2) is 0 Å². The number of carbonyl (C=O) groups excluding carboxylic acids is 1. The molecule has 0 aliphatic heterocycles. The van der Waals surface area contributed by atoms with Crippen molar-refractivity contribution < 1.29 is 9.53 Å². The fraction of sp³-hybridized carbons (Fsp3) is 0.909. The highest BCUT2D eigenvalue weighted by atomic mass is 16.5. The molecule has 0 heterocycles. The van der Waals surface area contributed by atoms with Gasteiger partial charge < -0.3 is 10.1 Å². The molecule has 0 radical (unpaired) electrons. The number of hydrogen-bond acceptors (Lipinski definition) is 3. The monoisotopic (exact) mass is 201 g/mol. The molecular weight excluding hydrogens is 178 g/mol. The second-order valence-corrected chi connectivity index (χ2v) is 3.81. The van der Waals surface area contributed by atoms with Gasteiger partial charge in [0.1, 0.15) is 0 Å². The fourth-order valence-corrected chi connectivity index (χ4v) is 1.33. The molecule has 0 amide bonds. The Labute approximate surface area is 87.2 Å². The third-order valence-corrected chi connectivity index (χ3v) is 2.03. The summed E-state index contributed by atoms with van der Waals surface area (Å²) in [6, 6.07) is 0.444. The topological polar surface area (TPSA) is 38.3 Å². The van der Waals surface area contributed by atoms with Crippen LogP contribution >= 0.6 is 0 Å². The summed E-state index contributed by atoms with van der Waals surface area (Å²) in [7, 11) is 0. The van der Waals surface area contributed by atoms with Crippen molar-refractivity contribution in [3.05, 3.63) is 0 Å². The van der Waals surface area contributed by atoms with Gasteiger partial charge in [-0.25, -0.2) is 0 Å². The Morgan fingerprint density at radius 2 is 2.00 bits per heavy atom. The molecule has 0 spiro atoms. The molecule has 14 heavy (non-hydrogen) atoms. The summed E-state index contributed by atoms with van der Waals surface area (Å²) >= 11 is 0. The van der Waals surface area contributed by atoms with E-state index in [0.717, 1.165) is 19.3 Å². The molecule has 1 atom stereocenters. The van der Waals surface area contributed by atoms with E-state index in [1.54, 1.807) is 0 Å². The quantitative estimate of drug-likeness (QED) is 0.641. The first-order valence-corrected chi connectivity index (χ1v) is 5.53. The van der Waals surface area contributed by atoms with E-state index in [1.807, 2.05) is 13.8 Å². The second kappa shape index (κ2) is 7.80. The first-order chi connectivity index (χ1) is 6.60. The smallest absolute Gasteiger partial charge is 0.320 e. The Morgan fingerprint density at radius 1 is 1.36 bits per heavy atom. The minimum absolute atomic E-state index is 0.0180. The van der Waals surface area contributed by atoms with Crippen LogP contribution in [0, 0.1) is 0 Å². The number of rotatable bonds is 7. The van der Waals surface area contributed by atoms with Gasteiger partial charge in [-0.1, -0.05) is 20.3 Å². The van der Waals surface area contributed by atoms with Crippen LogP contribution in [0.5, 0.6) is 0 Å². The summed E-state index contributed by atoms with van der Waals surface area (Å²) < 4.78 is 5.02. The zero-order valence-corrected chi connectivity index (χ0v) is 9.80. The zero-order chi connectivity index (χ0) is 11.0. The Bertz CT molecular complexity index is 157. The van der Waals surface area contributed by atoms with Gasteiger partial charge >= 0.3 is 5.97 Å². The van der Waals surface area contributed by atoms with Gasteiger partial charge in [0.05, 0.1) is 12.6 Å². The van der Waals surface area contributed by atoms with Crippen LogP contribution in [0.25, 0.3) is 0 Å². The average molecular weight is 201 g/mol. The van der Waals surface area contributed by atoms with Crippen molar-refractivity contribution >= 4 is 5.97 Å². The Morgan fingerprint density at radius 3 is 2.43 bits per heavy atom. The lowest BCUT2D eigenvalue weighted by atomic mass is 10.1. The summed E-state index contributed by atoms with van der Waals surface area (Å²) in [5.74, 6) is -0.158. The first-order valence-electron chi connectivity index (χ1n) is 5.53. The van der Waals surface area contributed by atoms with Crippen LogP contribution in [0.2, 0.25) is 0 Å². The SMILES string of the molecule is CCCC(CC)NCC(=O)OC(C)C. The van der Waals surface area contributed by atoms with Gasteiger partial charge in [-0.2, -0.15) is 0 Å². The summed E-state index contributed by atoms with van der Waals surface area (Å²) in [4.78, 5) is 11.2. The highest BCUT2D eigenvalue weighted by Crippen LogP contribution is 2.00. The first kappa shape index (κ1) is 13.4. The van der Waals surface area contributed by atoms with E-state index in [-0.39, 0.29) is 12.1 Å². The van der Waals surface area contributed by atoms with Gasteiger partial charge in [0.25, 0.3) is 0 Å². The minimum Gasteiger partial charge on any atom is -0.462 e. The van der Waals surface area contributed by atoms with Crippen molar-refractivity contribution in [1.29, 1.82) is 0 Å². The lowest BCUT2D eigenvalue weighted by molar-refractivity contribution is -0.146. The molecule has 0 fully saturated rings. The molecule has 0 aromatic heterocycles. The highest BCUT2D eigenvalue weighted by molar-refractivity contribution is 5.71. The predicted molar refractivity (Wildman–Crippen MR) is 58.2 cm³/mol. The van der Waals surface area contributed by atoms with Crippen LogP contribution < -0.4 is 5.32 Å². The van der Waals surface area contributed by atoms with E-state index >= 15 is 0 Å². The molecular formula is C11H23NO2. The van der Waals surface area contributed by atoms with Crippen molar-refractivity contribution in [2.24, 2.45) is 0 Å². The van der Waals surface area contributed by atoms with Crippen LogP contribution in [-0.2, 0) is 9.53 Å². The fourth-order valence-electron chi connectivity index (χ4n) is 1.33. The maximum absolute atomic E-state index is 11.2. The van der Waals surface area contributed by atoms with Gasteiger partial charge in [-0.15, -0.1) is 0 Å². The molecule has 1 N–H and O–H groups in total. The van der Waals surface area contributed by atoms with Crippen LogP contribution in [0.4, 0.5) is 0 Å². The van der Waals surface area contributed by atoms with E-state index < -0.39 is 0 Å². The van der Waals surface area contributed by atoms with Crippen molar-refractivity contribution in [2.45, 2.75) is 59.1 Å². The number of nitrogens with one attached hydrogen (secondary N) is 1. The predicted octanol–water partition coefficient (Wildman–Crippen LogP) is 2.11. The summed E-state index contributed by atoms with van der Waals surface area (Å²) in [6.45, 7) is 8.33. The molecule has 0 aliphatic rings. The highest BCUT2D eigenvalue weighted by Gasteiger charge is 2.09. The average Bonchev–Trinajstić information content (AvgIpc) is 2.11. The molecule has 3 nitrogen and oxygen atoms in total. The van der Waals surface area contributed by atoms with Gasteiger partial charge in [0, 0.05) is 6.04 Å². The van der Waals surface area contributed by atoms with Crippen molar-refractivity contribution in [3.63, 3.8) is 0 Å². The number of ether oxygens (including phenoxy) is 1. The zero-order valence-electron chi connectivity index (χ0n) is 9.80.